The molecule has 1 aliphatic heterocycles. The standard InChI is InChI=1S/C18H21NO3/c1-3-19(15-6-4-5-13(2)9-15)11-16(20)14-7-8-17-18(10-14)22-12-21-17/h4-10,16,20H,3,11-12H2,1-2H3. The molecule has 3 rings (SSSR count). The number of rotatable bonds is 5. The van der Waals surface area contributed by atoms with Crippen molar-refractivity contribution in [2.24, 2.45) is 0 Å². The van der Waals surface area contributed by atoms with Crippen molar-refractivity contribution in [1.29, 1.82) is 0 Å². The van der Waals surface area contributed by atoms with Crippen molar-refractivity contribution in [3.8, 4) is 11.5 Å². The first-order valence-electron chi connectivity index (χ1n) is 7.56. The first-order valence-corrected chi connectivity index (χ1v) is 7.56. The van der Waals surface area contributed by atoms with Crippen LogP contribution < -0.4 is 14.4 Å². The van der Waals surface area contributed by atoms with E-state index >= 15 is 0 Å². The van der Waals surface area contributed by atoms with Gasteiger partial charge in [-0.1, -0.05) is 18.2 Å². The summed E-state index contributed by atoms with van der Waals surface area (Å²) in [5.74, 6) is 1.44. The molecular formula is C18H21NO3. The Kier molecular flexibility index (Phi) is 4.20. The highest BCUT2D eigenvalue weighted by Gasteiger charge is 2.18. The van der Waals surface area contributed by atoms with Crippen molar-refractivity contribution >= 4 is 5.69 Å². The molecule has 2 aromatic rings. The van der Waals surface area contributed by atoms with E-state index in [2.05, 4.69) is 36.9 Å². The van der Waals surface area contributed by atoms with E-state index in [0.29, 0.717) is 12.3 Å². The van der Waals surface area contributed by atoms with Crippen molar-refractivity contribution in [2.75, 3.05) is 24.8 Å². The van der Waals surface area contributed by atoms with Crippen LogP contribution in [0.1, 0.15) is 24.2 Å². The van der Waals surface area contributed by atoms with Gasteiger partial charge in [0.1, 0.15) is 0 Å². The molecule has 0 radical (unpaired) electrons. The molecule has 0 fully saturated rings. The van der Waals surface area contributed by atoms with Crippen molar-refractivity contribution in [2.45, 2.75) is 20.0 Å². The number of hydrogen-bond donors (Lipinski definition) is 1. The Labute approximate surface area is 130 Å². The van der Waals surface area contributed by atoms with Gasteiger partial charge in [0.05, 0.1) is 6.10 Å². The van der Waals surface area contributed by atoms with Gasteiger partial charge in [0.2, 0.25) is 6.79 Å². The van der Waals surface area contributed by atoms with Gasteiger partial charge in [-0.25, -0.2) is 0 Å². The average molecular weight is 299 g/mol. The van der Waals surface area contributed by atoms with Gasteiger partial charge in [0, 0.05) is 18.8 Å². The van der Waals surface area contributed by atoms with Crippen LogP contribution in [0.4, 0.5) is 5.69 Å². The highest BCUT2D eigenvalue weighted by atomic mass is 16.7. The predicted octanol–water partition coefficient (Wildman–Crippen LogP) is 3.28. The van der Waals surface area contributed by atoms with Crippen molar-refractivity contribution < 1.29 is 14.6 Å². The summed E-state index contributed by atoms with van der Waals surface area (Å²) in [6.07, 6.45) is -0.574. The normalized spacial score (nSPS) is 14.0. The Balaban J connectivity index is 1.76. The molecular weight excluding hydrogens is 278 g/mol. The minimum atomic E-state index is -0.574. The molecule has 0 saturated carbocycles. The van der Waals surface area contributed by atoms with E-state index in [1.54, 1.807) is 0 Å². The van der Waals surface area contributed by atoms with E-state index in [-0.39, 0.29) is 6.79 Å². The second-order valence-corrected chi connectivity index (χ2v) is 5.51. The third-order valence-corrected chi connectivity index (χ3v) is 3.92. The van der Waals surface area contributed by atoms with Crippen LogP contribution >= 0.6 is 0 Å². The fourth-order valence-corrected chi connectivity index (χ4v) is 2.68. The molecule has 0 aliphatic carbocycles. The number of likely N-dealkylation sites (N-methyl/N-ethyl adjacent to an activating group) is 1. The SMILES string of the molecule is CCN(CC(O)c1ccc2c(c1)OCO2)c1cccc(C)c1. The topological polar surface area (TPSA) is 41.9 Å². The van der Waals surface area contributed by atoms with Crippen molar-refractivity contribution in [1.82, 2.24) is 0 Å². The quantitative estimate of drug-likeness (QED) is 0.920. The van der Waals surface area contributed by atoms with Crippen LogP contribution in [-0.4, -0.2) is 25.0 Å². The monoisotopic (exact) mass is 299 g/mol. The second-order valence-electron chi connectivity index (χ2n) is 5.51. The van der Waals surface area contributed by atoms with E-state index in [1.807, 2.05) is 24.3 Å². The van der Waals surface area contributed by atoms with E-state index in [1.165, 1.54) is 5.56 Å². The molecule has 1 aliphatic rings. The first kappa shape index (κ1) is 14.7. The fourth-order valence-electron chi connectivity index (χ4n) is 2.68. The predicted molar refractivity (Wildman–Crippen MR) is 86.6 cm³/mol. The highest BCUT2D eigenvalue weighted by molar-refractivity contribution is 5.49. The van der Waals surface area contributed by atoms with Crippen LogP contribution in [0, 0.1) is 6.92 Å². The van der Waals surface area contributed by atoms with Crippen LogP contribution in [0.15, 0.2) is 42.5 Å². The van der Waals surface area contributed by atoms with Crippen molar-refractivity contribution in [3.63, 3.8) is 0 Å². The highest BCUT2D eigenvalue weighted by Crippen LogP contribution is 2.34. The lowest BCUT2D eigenvalue weighted by Crippen LogP contribution is -2.28. The number of anilines is 1. The van der Waals surface area contributed by atoms with E-state index < -0.39 is 6.10 Å². The molecule has 1 heterocycles. The Hall–Kier alpha value is -2.20. The van der Waals surface area contributed by atoms with Crippen molar-refractivity contribution in [3.05, 3.63) is 53.6 Å². The number of fused-ring (bicyclic) bond motifs is 1. The molecule has 116 valence electrons. The lowest BCUT2D eigenvalue weighted by atomic mass is 10.1. The molecule has 1 atom stereocenters. The molecule has 1 unspecified atom stereocenters. The molecule has 4 heteroatoms. The zero-order chi connectivity index (χ0) is 15.5. The summed E-state index contributed by atoms with van der Waals surface area (Å²) >= 11 is 0. The van der Waals surface area contributed by atoms with Gasteiger partial charge >= 0.3 is 0 Å². The number of aryl methyl sites for hydroxylation is 1. The Morgan fingerprint density at radius 3 is 2.73 bits per heavy atom. The van der Waals surface area contributed by atoms with Gasteiger partial charge in [0.15, 0.2) is 11.5 Å². The average Bonchev–Trinajstić information content (AvgIpc) is 2.99. The maximum Gasteiger partial charge on any atom is 0.231 e. The number of ether oxygens (including phenoxy) is 2. The summed E-state index contributed by atoms with van der Waals surface area (Å²) < 4.78 is 10.7. The van der Waals surface area contributed by atoms with Crippen LogP contribution in [0.25, 0.3) is 0 Å². The van der Waals surface area contributed by atoms with Crippen LogP contribution in [0.3, 0.4) is 0 Å². The minimum Gasteiger partial charge on any atom is -0.454 e. The number of hydrogen-bond acceptors (Lipinski definition) is 4. The fraction of sp³-hybridized carbons (Fsp3) is 0.333. The van der Waals surface area contributed by atoms with Gasteiger partial charge in [-0.2, -0.15) is 0 Å². The molecule has 2 aromatic carbocycles. The Morgan fingerprint density at radius 1 is 1.14 bits per heavy atom. The van der Waals surface area contributed by atoms with Gasteiger partial charge in [-0.05, 0) is 49.2 Å². The number of aliphatic hydroxyl groups is 1. The Morgan fingerprint density at radius 2 is 1.95 bits per heavy atom. The zero-order valence-corrected chi connectivity index (χ0v) is 13.0. The van der Waals surface area contributed by atoms with E-state index in [0.717, 1.165) is 23.5 Å². The summed E-state index contributed by atoms with van der Waals surface area (Å²) in [5, 5.41) is 10.5. The van der Waals surface area contributed by atoms with Crippen LogP contribution in [0.5, 0.6) is 11.5 Å². The van der Waals surface area contributed by atoms with Crippen LogP contribution in [-0.2, 0) is 0 Å². The number of aliphatic hydroxyl groups excluding tert-OH is 1. The summed E-state index contributed by atoms with van der Waals surface area (Å²) in [6.45, 7) is 5.80. The molecule has 1 N–H and O–H groups in total. The lowest BCUT2D eigenvalue weighted by Gasteiger charge is -2.26. The summed E-state index contributed by atoms with van der Waals surface area (Å²) in [4.78, 5) is 2.17. The number of benzene rings is 2. The zero-order valence-electron chi connectivity index (χ0n) is 13.0. The minimum absolute atomic E-state index is 0.249. The number of nitrogens with zero attached hydrogens (tertiary/aromatic N) is 1. The first-order chi connectivity index (χ1) is 10.7. The van der Waals surface area contributed by atoms with Gasteiger partial charge in [0.25, 0.3) is 0 Å². The second kappa shape index (κ2) is 6.28. The third-order valence-electron chi connectivity index (χ3n) is 3.92. The molecule has 0 amide bonds. The van der Waals surface area contributed by atoms with E-state index in [4.69, 9.17) is 9.47 Å². The molecule has 0 bridgehead atoms. The Bertz CT molecular complexity index is 657. The maximum absolute atomic E-state index is 10.5. The van der Waals surface area contributed by atoms with Gasteiger partial charge in [-0.15, -0.1) is 0 Å². The molecule has 0 aromatic heterocycles. The molecule has 0 spiro atoms. The third kappa shape index (κ3) is 3.02. The largest absolute Gasteiger partial charge is 0.454 e. The molecule has 0 saturated heterocycles. The smallest absolute Gasteiger partial charge is 0.231 e. The lowest BCUT2D eigenvalue weighted by molar-refractivity contribution is 0.172. The van der Waals surface area contributed by atoms with E-state index in [9.17, 15) is 5.11 Å². The summed E-state index contributed by atoms with van der Waals surface area (Å²) in [7, 11) is 0. The summed E-state index contributed by atoms with van der Waals surface area (Å²) in [5.41, 5.74) is 3.19. The maximum atomic E-state index is 10.5. The molecule has 4 nitrogen and oxygen atoms in total. The van der Waals surface area contributed by atoms with Crippen LogP contribution in [0.2, 0.25) is 0 Å². The van der Waals surface area contributed by atoms with Gasteiger partial charge in [-0.3, -0.25) is 0 Å². The van der Waals surface area contributed by atoms with Gasteiger partial charge < -0.3 is 19.5 Å². The summed E-state index contributed by atoms with van der Waals surface area (Å²) in [6, 6.07) is 13.9. The molecule has 22 heavy (non-hydrogen) atoms.